The quantitative estimate of drug-likeness (QED) is 0.355. The summed E-state index contributed by atoms with van der Waals surface area (Å²) >= 11 is 0. The minimum atomic E-state index is -0.118. The number of allylic oxidation sites excluding steroid dienone is 4. The lowest BCUT2D eigenvalue weighted by Crippen LogP contribution is -2.23. The zero-order valence-corrected chi connectivity index (χ0v) is 23.1. The predicted octanol–water partition coefficient (Wildman–Crippen LogP) is 5.27. The third kappa shape index (κ3) is 25.4. The third-order valence-electron chi connectivity index (χ3n) is 3.73. The Morgan fingerprint density at radius 1 is 1.32 bits per heavy atom. The Hall–Kier alpha value is -2.90. The van der Waals surface area contributed by atoms with E-state index >= 15 is 0 Å². The van der Waals surface area contributed by atoms with Gasteiger partial charge in [0.05, 0.1) is 5.56 Å². The molecule has 0 aliphatic rings. The lowest BCUT2D eigenvalue weighted by atomic mass is 10.1. The molecule has 0 spiro atoms. The molecule has 192 valence electrons. The van der Waals surface area contributed by atoms with Crippen molar-refractivity contribution in [3.05, 3.63) is 65.8 Å². The molecular formula is C27H48N6O. The molecule has 0 saturated heterocycles. The van der Waals surface area contributed by atoms with Gasteiger partial charge >= 0.3 is 0 Å². The van der Waals surface area contributed by atoms with Crippen LogP contribution in [0.3, 0.4) is 0 Å². The van der Waals surface area contributed by atoms with Crippen molar-refractivity contribution in [2.75, 3.05) is 34.7 Å². The van der Waals surface area contributed by atoms with Crippen LogP contribution in [0.2, 0.25) is 0 Å². The summed E-state index contributed by atoms with van der Waals surface area (Å²) < 4.78 is 0. The third-order valence-corrected chi connectivity index (χ3v) is 3.73. The van der Waals surface area contributed by atoms with Gasteiger partial charge in [-0.05, 0) is 86.1 Å². The van der Waals surface area contributed by atoms with Crippen LogP contribution in [-0.4, -0.2) is 63.0 Å². The molecule has 7 nitrogen and oxygen atoms in total. The first-order valence-electron chi connectivity index (χ1n) is 11.5. The van der Waals surface area contributed by atoms with Crippen molar-refractivity contribution in [1.82, 2.24) is 20.5 Å². The Bertz CT molecular complexity index is 764. The van der Waals surface area contributed by atoms with E-state index in [9.17, 15) is 4.79 Å². The number of carbonyl (C=O) groups excluding carboxylic acids is 1. The van der Waals surface area contributed by atoms with Gasteiger partial charge in [0.2, 0.25) is 0 Å². The monoisotopic (exact) mass is 472 g/mol. The van der Waals surface area contributed by atoms with Gasteiger partial charge in [-0.2, -0.15) is 0 Å². The fraction of sp³-hybridized carbons (Fsp3) is 0.481. The fourth-order valence-electron chi connectivity index (χ4n) is 1.76. The maximum Gasteiger partial charge on any atom is 0.257 e. The molecule has 1 amide bonds. The maximum atomic E-state index is 12.1. The zero-order chi connectivity index (χ0) is 26.9. The lowest BCUT2D eigenvalue weighted by molar-refractivity contribution is 0.0966. The first-order chi connectivity index (χ1) is 16.0. The molecule has 0 atom stereocenters. The number of amides is 1. The van der Waals surface area contributed by atoms with Gasteiger partial charge in [-0.25, -0.2) is 0 Å². The normalized spacial score (nSPS) is 10.6. The zero-order valence-electron chi connectivity index (χ0n) is 23.1. The van der Waals surface area contributed by atoms with E-state index in [1.165, 1.54) is 6.21 Å². The van der Waals surface area contributed by atoms with Crippen molar-refractivity contribution in [3.63, 3.8) is 0 Å². The molecule has 3 N–H and O–H groups in total. The van der Waals surface area contributed by atoms with Gasteiger partial charge in [-0.3, -0.25) is 14.8 Å². The van der Waals surface area contributed by atoms with Crippen LogP contribution in [0.4, 0.5) is 0 Å². The molecule has 0 fully saturated rings. The van der Waals surface area contributed by atoms with Crippen molar-refractivity contribution in [2.45, 2.75) is 48.0 Å². The van der Waals surface area contributed by atoms with E-state index in [-0.39, 0.29) is 5.91 Å². The Morgan fingerprint density at radius 2 is 1.88 bits per heavy atom. The minimum absolute atomic E-state index is 0.118. The molecule has 0 radical (unpaired) electrons. The summed E-state index contributed by atoms with van der Waals surface area (Å²) in [5.74, 6) is 0.499. The van der Waals surface area contributed by atoms with Crippen LogP contribution >= 0.6 is 0 Å². The summed E-state index contributed by atoms with van der Waals surface area (Å²) in [6.45, 7) is 16.6. The van der Waals surface area contributed by atoms with Gasteiger partial charge in [0.15, 0.2) is 0 Å². The molecule has 1 aromatic heterocycles. The average molecular weight is 473 g/mol. The van der Waals surface area contributed by atoms with Crippen molar-refractivity contribution < 1.29 is 4.79 Å². The molecule has 1 heterocycles. The summed E-state index contributed by atoms with van der Waals surface area (Å²) in [5, 5.41) is 12.1. The highest BCUT2D eigenvalue weighted by atomic mass is 16.1. The second kappa shape index (κ2) is 24.7. The molecule has 0 aliphatic carbocycles. The Kier molecular flexibility index (Phi) is 26.0. The van der Waals surface area contributed by atoms with Crippen molar-refractivity contribution >= 4 is 18.3 Å². The van der Waals surface area contributed by atoms with E-state index in [0.29, 0.717) is 11.5 Å². The topological polar surface area (TPSA) is 93.5 Å². The summed E-state index contributed by atoms with van der Waals surface area (Å²) in [4.78, 5) is 22.0. The smallest absolute Gasteiger partial charge is 0.257 e. The number of nitrogens with one attached hydrogen (secondary N) is 3. The largest absolute Gasteiger partial charge is 0.323 e. The molecule has 1 rings (SSSR count). The van der Waals surface area contributed by atoms with Crippen LogP contribution < -0.4 is 10.6 Å². The molecule has 0 unspecified atom stereocenters. The summed E-state index contributed by atoms with van der Waals surface area (Å²) in [6.07, 6.45) is 11.1. The van der Waals surface area contributed by atoms with Crippen molar-refractivity contribution in [3.8, 4) is 0 Å². The number of rotatable bonds is 8. The van der Waals surface area contributed by atoms with Crippen LogP contribution in [0.1, 0.15) is 57.1 Å². The number of nitrogens with zero attached hydrogens (tertiary/aromatic N) is 3. The van der Waals surface area contributed by atoms with Gasteiger partial charge in [0.25, 0.3) is 5.91 Å². The van der Waals surface area contributed by atoms with Gasteiger partial charge in [0.1, 0.15) is 0 Å². The van der Waals surface area contributed by atoms with Crippen molar-refractivity contribution in [1.29, 1.82) is 5.41 Å². The van der Waals surface area contributed by atoms with Crippen LogP contribution in [0.15, 0.2) is 59.5 Å². The first kappa shape index (κ1) is 35.7. The molecule has 0 aromatic carbocycles. The van der Waals surface area contributed by atoms with Crippen molar-refractivity contribution in [2.24, 2.45) is 10.9 Å². The number of aromatic nitrogens is 1. The number of aryl methyl sites for hydroxylation is 1. The molecule has 7 heteroatoms. The molecular weight excluding hydrogens is 424 g/mol. The first-order valence-corrected chi connectivity index (χ1v) is 11.5. The van der Waals surface area contributed by atoms with Crippen LogP contribution in [-0.2, 0) is 0 Å². The second-order valence-corrected chi connectivity index (χ2v) is 7.94. The van der Waals surface area contributed by atoms with Crippen LogP contribution in [0, 0.1) is 18.3 Å². The molecule has 0 bridgehead atoms. The highest BCUT2D eigenvalue weighted by molar-refractivity contribution is 6.14. The highest BCUT2D eigenvalue weighted by Gasteiger charge is 2.09. The van der Waals surface area contributed by atoms with Gasteiger partial charge in [-0.1, -0.05) is 39.5 Å². The van der Waals surface area contributed by atoms with Gasteiger partial charge in [-0.15, -0.1) is 0 Å². The minimum Gasteiger partial charge on any atom is -0.323 e. The number of hydrogen-bond donors (Lipinski definition) is 3. The molecule has 0 saturated carbocycles. The lowest BCUT2D eigenvalue weighted by Gasteiger charge is -2.07. The summed E-state index contributed by atoms with van der Waals surface area (Å²) in [6, 6.07) is 3.55. The SMILES string of the molecule is C/C=C(\C=C/CC(C)C)NC(=O)c1cccnc1C.C=C(C)N=CC=N.CCN(C)C.CNC. The van der Waals surface area contributed by atoms with E-state index in [0.717, 1.165) is 36.3 Å². The molecule has 0 aliphatic heterocycles. The average Bonchev–Trinajstić information content (AvgIpc) is 2.78. The molecule has 1 aromatic rings. The Balaban J connectivity index is -0.000000524. The summed E-state index contributed by atoms with van der Waals surface area (Å²) in [5.41, 5.74) is 2.89. The maximum absolute atomic E-state index is 12.1. The molecule has 34 heavy (non-hydrogen) atoms. The van der Waals surface area contributed by atoms with Gasteiger partial charge < -0.3 is 20.9 Å². The second-order valence-electron chi connectivity index (χ2n) is 7.94. The number of pyridine rings is 1. The number of aliphatic imine (C=N–C) groups is 1. The number of carbonyl (C=O) groups is 1. The van der Waals surface area contributed by atoms with E-state index in [1.807, 2.05) is 40.1 Å². The summed E-state index contributed by atoms with van der Waals surface area (Å²) in [7, 11) is 7.86. The number of hydrogen-bond acceptors (Lipinski definition) is 6. The highest BCUT2D eigenvalue weighted by Crippen LogP contribution is 2.06. The van der Waals surface area contributed by atoms with Crippen LogP contribution in [0.5, 0.6) is 0 Å². The van der Waals surface area contributed by atoms with Crippen LogP contribution in [0.25, 0.3) is 0 Å². The van der Waals surface area contributed by atoms with Gasteiger partial charge in [0, 0.05) is 35.7 Å². The van der Waals surface area contributed by atoms with E-state index in [4.69, 9.17) is 5.41 Å². The predicted molar refractivity (Wildman–Crippen MR) is 150 cm³/mol. The standard InChI is InChI=1S/C16H22N2O.C5H8N2.C4H11N.C2H7N/c1-5-14(9-6-8-12(2)3)18-16(19)15-10-7-11-17-13(15)4;1-5(2)7-4-3-6;1-4-5(2)3;1-3-2/h5-7,9-12H,8H2,1-4H3,(H,18,19);3-4,6H,1H2,2H3;4H2,1-3H3;3H,1-2H3/b9-6-,14-5+;;;. The Labute approximate surface area is 208 Å². The van der Waals surface area contributed by atoms with E-state index in [2.05, 4.69) is 73.0 Å². The Morgan fingerprint density at radius 3 is 2.24 bits per heavy atom. The fourth-order valence-corrected chi connectivity index (χ4v) is 1.76. The van der Waals surface area contributed by atoms with E-state index < -0.39 is 0 Å². The van der Waals surface area contributed by atoms with E-state index in [1.54, 1.807) is 25.3 Å².